The Hall–Kier alpha value is -4.69. The third-order valence-corrected chi connectivity index (χ3v) is 8.26. The van der Waals surface area contributed by atoms with E-state index in [2.05, 4.69) is 15.0 Å². The van der Waals surface area contributed by atoms with Gasteiger partial charge in [0.1, 0.15) is 17.0 Å². The quantitative estimate of drug-likeness (QED) is 0.268. The largest absolute Gasteiger partial charge is 0.463 e. The maximum atomic E-state index is 15.2. The van der Waals surface area contributed by atoms with Crippen molar-refractivity contribution in [3.63, 3.8) is 0 Å². The normalized spacial score (nSPS) is 14.4. The summed E-state index contributed by atoms with van der Waals surface area (Å²) in [6, 6.07) is 10.2. The summed E-state index contributed by atoms with van der Waals surface area (Å²) in [5, 5.41) is 4.53. The van der Waals surface area contributed by atoms with E-state index < -0.39 is 5.82 Å². The average molecular weight is 605 g/mol. The lowest BCUT2D eigenvalue weighted by molar-refractivity contribution is 0.0786. The Morgan fingerprint density at radius 2 is 1.84 bits per heavy atom. The zero-order valence-corrected chi connectivity index (χ0v) is 25.4. The van der Waals surface area contributed by atoms with Crippen LogP contribution in [-0.4, -0.2) is 111 Å². The van der Waals surface area contributed by atoms with E-state index in [1.54, 1.807) is 52.6 Å². The highest BCUT2D eigenvalue weighted by Crippen LogP contribution is 2.27. The molecule has 5 aromatic rings. The van der Waals surface area contributed by atoms with Gasteiger partial charge in [-0.25, -0.2) is 9.18 Å². The minimum absolute atomic E-state index is 0.174. The van der Waals surface area contributed by atoms with E-state index >= 15 is 4.39 Å². The fourth-order valence-electron chi connectivity index (χ4n) is 5.69. The molecule has 0 aliphatic carbocycles. The first-order chi connectivity index (χ1) is 21.1. The zero-order chi connectivity index (χ0) is 31.1. The number of aryl methyl sites for hydroxylation is 1. The molecule has 2 N–H and O–H groups in total. The number of hydrogen-bond donors (Lipinski definition) is 1. The number of nitrogens with two attached hydrogens (primary N) is 1. The number of nitrogen functional groups attached to an aromatic ring is 1. The van der Waals surface area contributed by atoms with Crippen molar-refractivity contribution in [1.82, 2.24) is 38.4 Å². The molecule has 0 saturated carbocycles. The number of likely N-dealkylation sites (N-methyl/N-ethyl adjacent to an activating group) is 2. The Bertz CT molecular complexity index is 1870. The molecule has 0 unspecified atom stereocenters. The van der Waals surface area contributed by atoms with E-state index in [1.165, 1.54) is 10.6 Å². The molecule has 14 heteroatoms. The van der Waals surface area contributed by atoms with Crippen molar-refractivity contribution >= 4 is 34.2 Å². The highest BCUT2D eigenvalue weighted by atomic mass is 19.1. The molecule has 0 atom stereocenters. The number of aromatic nitrogens is 5. The number of carbonyl (C=O) groups excluding carboxylic acids is 1. The van der Waals surface area contributed by atoms with Crippen LogP contribution in [0.2, 0.25) is 0 Å². The predicted molar refractivity (Wildman–Crippen MR) is 166 cm³/mol. The fraction of sp³-hybridized carbons (Fsp3) is 0.400. The number of benzene rings is 1. The number of amides is 1. The van der Waals surface area contributed by atoms with Gasteiger partial charge in [-0.05, 0) is 50.5 Å². The number of rotatable bonds is 9. The van der Waals surface area contributed by atoms with Crippen molar-refractivity contribution < 1.29 is 13.6 Å². The third-order valence-electron chi connectivity index (χ3n) is 8.26. The van der Waals surface area contributed by atoms with Crippen LogP contribution < -0.4 is 16.3 Å². The number of anilines is 2. The Labute approximate surface area is 253 Å². The smallest absolute Gasteiger partial charge is 0.330 e. The lowest BCUT2D eigenvalue weighted by Crippen LogP contribution is -2.47. The van der Waals surface area contributed by atoms with Crippen LogP contribution in [0.1, 0.15) is 10.4 Å². The molecule has 5 heterocycles. The predicted octanol–water partition coefficient (Wildman–Crippen LogP) is 1.82. The number of furan rings is 1. The molecule has 1 amide bonds. The molecule has 1 aliphatic rings. The van der Waals surface area contributed by atoms with E-state index in [-0.39, 0.29) is 17.5 Å². The lowest BCUT2D eigenvalue weighted by Gasteiger charge is -2.36. The van der Waals surface area contributed by atoms with Gasteiger partial charge in [0.05, 0.1) is 17.5 Å². The number of piperazine rings is 1. The topological polar surface area (TPSA) is 126 Å². The molecule has 1 fully saturated rings. The second-order valence-electron chi connectivity index (χ2n) is 11.5. The van der Waals surface area contributed by atoms with Gasteiger partial charge in [-0.1, -0.05) is 0 Å². The molecular weight excluding hydrogens is 567 g/mol. The van der Waals surface area contributed by atoms with Gasteiger partial charge >= 0.3 is 5.69 Å². The number of carbonyl (C=O) groups is 1. The van der Waals surface area contributed by atoms with Gasteiger partial charge in [-0.2, -0.15) is 14.6 Å². The SMILES string of the molecule is CN(C)CCN(C)C(=O)c1ccc(N2CCN(CCn3c(=O)n(C)c4c3nc(N)n3nc(-c5ccco5)cc43)CC2)c(F)c1. The molecule has 1 saturated heterocycles. The molecule has 6 rings (SSSR count). The summed E-state index contributed by atoms with van der Waals surface area (Å²) in [4.78, 5) is 38.4. The highest BCUT2D eigenvalue weighted by molar-refractivity contribution is 5.94. The van der Waals surface area contributed by atoms with Crippen LogP contribution in [0.25, 0.3) is 28.1 Å². The summed E-state index contributed by atoms with van der Waals surface area (Å²) >= 11 is 0. The Morgan fingerprint density at radius 1 is 1.07 bits per heavy atom. The molecule has 0 bridgehead atoms. The summed E-state index contributed by atoms with van der Waals surface area (Å²) in [5.74, 6) is 0.164. The number of nitrogens with zero attached hydrogens (tertiary/aromatic N) is 9. The van der Waals surface area contributed by atoms with Gasteiger partial charge < -0.3 is 24.9 Å². The highest BCUT2D eigenvalue weighted by Gasteiger charge is 2.24. The van der Waals surface area contributed by atoms with Gasteiger partial charge in [0, 0.05) is 72.0 Å². The molecule has 4 aromatic heterocycles. The summed E-state index contributed by atoms with van der Waals surface area (Å²) in [6.07, 6.45) is 1.57. The van der Waals surface area contributed by atoms with Gasteiger partial charge in [0.2, 0.25) is 5.95 Å². The van der Waals surface area contributed by atoms with Crippen LogP contribution in [0.15, 0.2) is 51.9 Å². The fourth-order valence-corrected chi connectivity index (χ4v) is 5.69. The van der Waals surface area contributed by atoms with Gasteiger partial charge in [-0.15, -0.1) is 0 Å². The molecule has 0 radical (unpaired) electrons. The van der Waals surface area contributed by atoms with E-state index in [4.69, 9.17) is 10.2 Å². The Kier molecular flexibility index (Phi) is 7.86. The van der Waals surface area contributed by atoms with Crippen LogP contribution in [0, 0.1) is 5.82 Å². The van der Waals surface area contributed by atoms with Crippen LogP contribution in [0.4, 0.5) is 16.0 Å². The van der Waals surface area contributed by atoms with Gasteiger partial charge in [0.25, 0.3) is 5.91 Å². The van der Waals surface area contributed by atoms with Crippen molar-refractivity contribution in [2.45, 2.75) is 6.54 Å². The van der Waals surface area contributed by atoms with Crippen molar-refractivity contribution in [2.24, 2.45) is 7.05 Å². The first kappa shape index (κ1) is 29.4. The first-order valence-electron chi connectivity index (χ1n) is 14.6. The average Bonchev–Trinajstić information content (AvgIpc) is 3.75. The maximum Gasteiger partial charge on any atom is 0.330 e. The molecule has 0 spiro atoms. The summed E-state index contributed by atoms with van der Waals surface area (Å²) in [5.41, 5.74) is 9.30. The van der Waals surface area contributed by atoms with Crippen molar-refractivity contribution in [3.05, 3.63) is 64.5 Å². The number of fused-ring (bicyclic) bond motifs is 3. The van der Waals surface area contributed by atoms with Crippen molar-refractivity contribution in [2.75, 3.05) is 77.6 Å². The first-order valence-corrected chi connectivity index (χ1v) is 14.6. The second-order valence-corrected chi connectivity index (χ2v) is 11.5. The van der Waals surface area contributed by atoms with E-state index in [1.807, 2.05) is 36.0 Å². The summed E-state index contributed by atoms with van der Waals surface area (Å²) in [7, 11) is 7.33. The van der Waals surface area contributed by atoms with Crippen LogP contribution in [-0.2, 0) is 13.6 Å². The van der Waals surface area contributed by atoms with Crippen LogP contribution >= 0.6 is 0 Å². The van der Waals surface area contributed by atoms with Crippen molar-refractivity contribution in [1.29, 1.82) is 0 Å². The zero-order valence-electron chi connectivity index (χ0n) is 25.4. The number of imidazole rings is 1. The minimum Gasteiger partial charge on any atom is -0.463 e. The number of hydrogen-bond acceptors (Lipinski definition) is 9. The lowest BCUT2D eigenvalue weighted by atomic mass is 10.1. The molecular formula is C30H37FN10O3. The number of halogens is 1. The van der Waals surface area contributed by atoms with Gasteiger partial charge in [-0.3, -0.25) is 18.8 Å². The second kappa shape index (κ2) is 11.8. The molecule has 1 aliphatic heterocycles. The van der Waals surface area contributed by atoms with E-state index in [0.717, 1.165) is 6.54 Å². The molecule has 232 valence electrons. The molecule has 44 heavy (non-hydrogen) atoms. The van der Waals surface area contributed by atoms with Crippen LogP contribution in [0.3, 0.4) is 0 Å². The standard InChI is InChI=1S/C30H37FN10O3/c1-35(2)9-10-36(3)28(42)20-7-8-23(21(31)18-20)39-14-11-38(12-15-39)13-16-40-27-26(37(4)30(40)43)24-19-22(25-6-5-17-44-25)34-41(24)29(32)33-27/h5-8,17-19H,9-16H2,1-4H3,(H2,32,33). The molecule has 13 nitrogen and oxygen atoms in total. The van der Waals surface area contributed by atoms with E-state index in [0.29, 0.717) is 85.2 Å². The minimum atomic E-state index is -0.405. The van der Waals surface area contributed by atoms with Crippen molar-refractivity contribution in [3.8, 4) is 11.5 Å². The van der Waals surface area contributed by atoms with Crippen LogP contribution in [0.5, 0.6) is 0 Å². The summed E-state index contributed by atoms with van der Waals surface area (Å²) in [6.45, 7) is 4.96. The molecule has 1 aromatic carbocycles. The Morgan fingerprint density at radius 3 is 2.52 bits per heavy atom. The summed E-state index contributed by atoms with van der Waals surface area (Å²) < 4.78 is 25.4. The van der Waals surface area contributed by atoms with E-state index in [9.17, 15) is 9.59 Å². The Balaban J connectivity index is 1.12. The third kappa shape index (κ3) is 5.42. The monoisotopic (exact) mass is 604 g/mol. The van der Waals surface area contributed by atoms with Gasteiger partial charge in [0.15, 0.2) is 11.4 Å². The maximum absolute atomic E-state index is 15.2.